The van der Waals surface area contributed by atoms with Crippen LogP contribution in [0.4, 0.5) is 5.69 Å². The van der Waals surface area contributed by atoms with Crippen LogP contribution in [0.5, 0.6) is 0 Å². The van der Waals surface area contributed by atoms with Crippen LogP contribution in [-0.2, 0) is 19.1 Å². The van der Waals surface area contributed by atoms with Crippen LogP contribution >= 0.6 is 23.2 Å². The van der Waals surface area contributed by atoms with E-state index in [1.165, 1.54) is 0 Å². The van der Waals surface area contributed by atoms with Crippen molar-refractivity contribution in [2.75, 3.05) is 5.43 Å². The van der Waals surface area contributed by atoms with Crippen molar-refractivity contribution in [2.24, 2.45) is 5.10 Å². The van der Waals surface area contributed by atoms with E-state index in [1.54, 1.807) is 45.9 Å². The highest BCUT2D eigenvalue weighted by Gasteiger charge is 2.18. The molecule has 0 aliphatic heterocycles. The van der Waals surface area contributed by atoms with Gasteiger partial charge in [0, 0.05) is 6.42 Å². The number of carbonyl (C=O) groups is 2. The van der Waals surface area contributed by atoms with Crippen LogP contribution in [0.2, 0.25) is 10.0 Å². The number of hydrogen-bond donors (Lipinski definition) is 1. The predicted octanol–water partition coefficient (Wildman–Crippen LogP) is 4.44. The Morgan fingerprint density at radius 3 is 2.24 bits per heavy atom. The van der Waals surface area contributed by atoms with Crippen molar-refractivity contribution in [3.05, 3.63) is 28.2 Å². The zero-order chi connectivity index (χ0) is 19.0. The Hall–Kier alpha value is -1.79. The van der Waals surface area contributed by atoms with Crippen molar-refractivity contribution in [2.45, 2.75) is 52.7 Å². The number of hydrogen-bond acceptors (Lipinski definition) is 6. The fourth-order valence-corrected chi connectivity index (χ4v) is 2.02. The molecule has 0 unspecified atom stereocenters. The van der Waals surface area contributed by atoms with Gasteiger partial charge in [-0.05, 0) is 45.9 Å². The molecular formula is C17H22Cl2N2O4. The molecule has 25 heavy (non-hydrogen) atoms. The zero-order valence-corrected chi connectivity index (χ0v) is 16.1. The predicted molar refractivity (Wildman–Crippen MR) is 99.2 cm³/mol. The first-order chi connectivity index (χ1) is 11.7. The number of hydrazone groups is 1. The van der Waals surface area contributed by atoms with Crippen LogP contribution in [0, 0.1) is 0 Å². The lowest BCUT2D eigenvalue weighted by atomic mass is 10.2. The van der Waals surface area contributed by atoms with Crippen LogP contribution in [0.15, 0.2) is 23.3 Å². The summed E-state index contributed by atoms with van der Waals surface area (Å²) in [6.45, 7) is 6.97. The molecule has 0 aliphatic rings. The maximum atomic E-state index is 12.1. The summed E-state index contributed by atoms with van der Waals surface area (Å²) in [4.78, 5) is 23.8. The van der Waals surface area contributed by atoms with Crippen LogP contribution in [0.25, 0.3) is 0 Å². The number of rotatable bonds is 8. The Morgan fingerprint density at radius 1 is 1.04 bits per heavy atom. The van der Waals surface area contributed by atoms with Gasteiger partial charge in [-0.3, -0.25) is 10.2 Å². The largest absolute Gasteiger partial charge is 0.463 e. The zero-order valence-electron chi connectivity index (χ0n) is 14.6. The number of anilines is 1. The Morgan fingerprint density at radius 2 is 1.68 bits per heavy atom. The lowest BCUT2D eigenvalue weighted by Crippen LogP contribution is -2.24. The summed E-state index contributed by atoms with van der Waals surface area (Å²) in [5.74, 6) is -1.01. The summed E-state index contributed by atoms with van der Waals surface area (Å²) >= 11 is 11.8. The van der Waals surface area contributed by atoms with Gasteiger partial charge in [0.1, 0.15) is 5.71 Å². The molecule has 0 radical (unpaired) electrons. The fraction of sp³-hybridized carbons (Fsp3) is 0.471. The van der Waals surface area contributed by atoms with Crippen molar-refractivity contribution in [1.29, 1.82) is 0 Å². The fourth-order valence-electron chi connectivity index (χ4n) is 1.73. The second kappa shape index (κ2) is 10.3. The minimum absolute atomic E-state index is 0.0211. The number of carbonyl (C=O) groups excluding carboxylic acids is 2. The van der Waals surface area contributed by atoms with Gasteiger partial charge in [-0.25, -0.2) is 4.79 Å². The summed E-state index contributed by atoms with van der Waals surface area (Å²) in [6.07, 6.45) is -0.409. The Kier molecular flexibility index (Phi) is 8.72. The van der Waals surface area contributed by atoms with Crippen molar-refractivity contribution in [1.82, 2.24) is 0 Å². The number of ether oxygens (including phenoxy) is 2. The molecule has 1 aromatic rings. The lowest BCUT2D eigenvalue weighted by Gasteiger charge is -2.11. The molecule has 0 fully saturated rings. The monoisotopic (exact) mass is 388 g/mol. The van der Waals surface area contributed by atoms with E-state index in [9.17, 15) is 9.59 Å². The molecule has 1 N–H and O–H groups in total. The van der Waals surface area contributed by atoms with Crippen molar-refractivity contribution < 1.29 is 19.1 Å². The number of halogens is 2. The molecule has 6 nitrogen and oxygen atoms in total. The minimum Gasteiger partial charge on any atom is -0.463 e. The van der Waals surface area contributed by atoms with Gasteiger partial charge in [-0.1, -0.05) is 23.2 Å². The highest BCUT2D eigenvalue weighted by Crippen LogP contribution is 2.25. The summed E-state index contributed by atoms with van der Waals surface area (Å²) in [5, 5.41) is 4.82. The molecule has 0 atom stereocenters. The van der Waals surface area contributed by atoms with Crippen LogP contribution in [-0.4, -0.2) is 29.9 Å². The molecule has 0 saturated carbocycles. The molecule has 0 aliphatic carbocycles. The van der Waals surface area contributed by atoms with Gasteiger partial charge in [0.15, 0.2) is 0 Å². The third kappa shape index (κ3) is 8.23. The molecule has 0 amide bonds. The van der Waals surface area contributed by atoms with E-state index in [1.807, 2.05) is 0 Å². The van der Waals surface area contributed by atoms with Crippen LogP contribution in [0.1, 0.15) is 40.5 Å². The molecule has 0 spiro atoms. The van der Waals surface area contributed by atoms with Gasteiger partial charge in [0.2, 0.25) is 0 Å². The summed E-state index contributed by atoms with van der Waals surface area (Å²) in [6, 6.07) is 4.84. The molecule has 0 bridgehead atoms. The van der Waals surface area contributed by atoms with E-state index in [2.05, 4.69) is 10.5 Å². The second-order valence-corrected chi connectivity index (χ2v) is 6.61. The Balaban J connectivity index is 2.83. The normalized spacial score (nSPS) is 11.6. The SMILES string of the molecule is CC(C)OC(=O)CCC(=NNc1ccc(Cl)c(Cl)c1)C(=O)OC(C)C. The van der Waals surface area contributed by atoms with E-state index in [0.29, 0.717) is 15.7 Å². The van der Waals surface area contributed by atoms with E-state index in [0.717, 1.165) is 0 Å². The average molecular weight is 389 g/mol. The first-order valence-corrected chi connectivity index (χ1v) is 8.62. The third-order valence-electron chi connectivity index (χ3n) is 2.75. The molecule has 0 saturated heterocycles. The molecule has 138 valence electrons. The lowest BCUT2D eigenvalue weighted by molar-refractivity contribution is -0.147. The van der Waals surface area contributed by atoms with Crippen molar-refractivity contribution in [3.63, 3.8) is 0 Å². The first-order valence-electron chi connectivity index (χ1n) is 7.87. The van der Waals surface area contributed by atoms with Gasteiger partial charge in [-0.15, -0.1) is 0 Å². The van der Waals surface area contributed by atoms with E-state index < -0.39 is 11.9 Å². The van der Waals surface area contributed by atoms with Gasteiger partial charge >= 0.3 is 11.9 Å². The summed E-state index contributed by atoms with van der Waals surface area (Å²) in [7, 11) is 0. The maximum absolute atomic E-state index is 12.1. The summed E-state index contributed by atoms with van der Waals surface area (Å²) in [5.41, 5.74) is 3.36. The second-order valence-electron chi connectivity index (χ2n) is 5.79. The standard InChI is InChI=1S/C17H22Cl2N2O4/c1-10(2)24-16(22)8-7-15(17(23)25-11(3)4)21-20-12-5-6-13(18)14(19)9-12/h5-6,9-11,20H,7-8H2,1-4H3. The van der Waals surface area contributed by atoms with Crippen molar-refractivity contribution in [3.8, 4) is 0 Å². The van der Waals surface area contributed by atoms with Crippen LogP contribution in [0.3, 0.4) is 0 Å². The number of nitrogens with zero attached hydrogens (tertiary/aromatic N) is 1. The number of benzene rings is 1. The quantitative estimate of drug-likeness (QED) is 0.404. The third-order valence-corrected chi connectivity index (χ3v) is 3.49. The van der Waals surface area contributed by atoms with Gasteiger partial charge in [0.25, 0.3) is 0 Å². The first kappa shape index (κ1) is 21.3. The molecule has 1 aromatic carbocycles. The highest BCUT2D eigenvalue weighted by atomic mass is 35.5. The molecule has 8 heteroatoms. The van der Waals surface area contributed by atoms with E-state index in [4.69, 9.17) is 32.7 Å². The number of nitrogens with one attached hydrogen (secondary N) is 1. The molecule has 1 rings (SSSR count). The van der Waals surface area contributed by atoms with Crippen LogP contribution < -0.4 is 5.43 Å². The average Bonchev–Trinajstić information content (AvgIpc) is 2.49. The summed E-state index contributed by atoms with van der Waals surface area (Å²) < 4.78 is 10.2. The maximum Gasteiger partial charge on any atom is 0.354 e. The molecule has 0 heterocycles. The smallest absolute Gasteiger partial charge is 0.354 e. The van der Waals surface area contributed by atoms with Gasteiger partial charge in [0.05, 0.1) is 34.4 Å². The topological polar surface area (TPSA) is 77.0 Å². The van der Waals surface area contributed by atoms with Gasteiger partial charge < -0.3 is 9.47 Å². The molecular weight excluding hydrogens is 367 g/mol. The van der Waals surface area contributed by atoms with E-state index in [-0.39, 0.29) is 30.8 Å². The Labute approximate surface area is 157 Å². The van der Waals surface area contributed by atoms with E-state index >= 15 is 0 Å². The van der Waals surface area contributed by atoms with Crippen molar-refractivity contribution >= 4 is 46.5 Å². The number of esters is 2. The highest BCUT2D eigenvalue weighted by molar-refractivity contribution is 6.42. The molecule has 0 aromatic heterocycles. The minimum atomic E-state index is -0.597. The van der Waals surface area contributed by atoms with Gasteiger partial charge in [-0.2, -0.15) is 5.10 Å². The Bertz CT molecular complexity index is 646.